The second-order valence-corrected chi connectivity index (χ2v) is 7.59. The van der Waals surface area contributed by atoms with Gasteiger partial charge in [0.2, 0.25) is 0 Å². The Balaban J connectivity index is 2.23. The van der Waals surface area contributed by atoms with Crippen LogP contribution in [0.1, 0.15) is 18.4 Å². The number of thiocarbonyl (C=S) groups is 1. The standard InChI is InChI=1S/C16H16BrNO5S2/c1-22-11-6-9(10(17)8-12(11)23-2)7-13-15(21)18(16(24)25-13)5-3-4-14(19)20/h6-8H,3-5H2,1-2H3,(H,19,20). The lowest BCUT2D eigenvalue weighted by Gasteiger charge is -2.13. The summed E-state index contributed by atoms with van der Waals surface area (Å²) in [5, 5.41) is 8.71. The van der Waals surface area contributed by atoms with Gasteiger partial charge in [0.1, 0.15) is 4.32 Å². The summed E-state index contributed by atoms with van der Waals surface area (Å²) < 4.78 is 11.7. The van der Waals surface area contributed by atoms with Crippen LogP contribution < -0.4 is 9.47 Å². The number of rotatable bonds is 7. The first-order chi connectivity index (χ1) is 11.9. The fourth-order valence-corrected chi connectivity index (χ4v) is 3.94. The van der Waals surface area contributed by atoms with Gasteiger partial charge in [-0.15, -0.1) is 0 Å². The molecule has 9 heteroatoms. The summed E-state index contributed by atoms with van der Waals surface area (Å²) in [6.07, 6.45) is 2.08. The first-order valence-electron chi connectivity index (χ1n) is 7.26. The molecule has 0 radical (unpaired) electrons. The van der Waals surface area contributed by atoms with Crippen LogP contribution >= 0.6 is 39.9 Å². The van der Waals surface area contributed by atoms with Crippen LogP contribution in [-0.4, -0.2) is 47.0 Å². The predicted molar refractivity (Wildman–Crippen MR) is 104 cm³/mol. The summed E-state index contributed by atoms with van der Waals surface area (Å²) >= 11 is 9.88. The van der Waals surface area contributed by atoms with Crippen molar-refractivity contribution in [2.24, 2.45) is 0 Å². The number of hydrogen-bond acceptors (Lipinski definition) is 6. The number of carboxylic acid groups (broad SMARTS) is 1. The number of halogens is 1. The molecule has 1 amide bonds. The molecule has 0 saturated carbocycles. The van der Waals surface area contributed by atoms with Gasteiger partial charge < -0.3 is 14.6 Å². The van der Waals surface area contributed by atoms with Gasteiger partial charge in [0.05, 0.1) is 19.1 Å². The molecular formula is C16H16BrNO5S2. The predicted octanol–water partition coefficient (Wildman–Crippen LogP) is 3.53. The van der Waals surface area contributed by atoms with Crippen molar-refractivity contribution in [2.45, 2.75) is 12.8 Å². The number of carbonyl (C=O) groups is 2. The number of carbonyl (C=O) groups excluding carboxylic acids is 1. The van der Waals surface area contributed by atoms with Crippen LogP contribution in [0.4, 0.5) is 0 Å². The Morgan fingerprint density at radius 2 is 2.00 bits per heavy atom. The molecule has 0 unspecified atom stereocenters. The number of nitrogens with zero attached hydrogens (tertiary/aromatic N) is 1. The Morgan fingerprint density at radius 1 is 1.36 bits per heavy atom. The molecule has 1 heterocycles. The molecule has 1 saturated heterocycles. The lowest BCUT2D eigenvalue weighted by molar-refractivity contribution is -0.137. The molecular weight excluding hydrogens is 430 g/mol. The van der Waals surface area contributed by atoms with Gasteiger partial charge in [-0.3, -0.25) is 14.5 Å². The van der Waals surface area contributed by atoms with Crippen molar-refractivity contribution in [1.82, 2.24) is 4.90 Å². The molecule has 0 aromatic heterocycles. The fourth-order valence-electron chi connectivity index (χ4n) is 2.20. The molecule has 1 N–H and O–H groups in total. The number of benzene rings is 1. The SMILES string of the molecule is COc1cc(Br)c(C=C2SC(=S)N(CCCC(=O)O)C2=O)cc1OC. The summed E-state index contributed by atoms with van der Waals surface area (Å²) in [5.41, 5.74) is 0.753. The Kier molecular flexibility index (Phi) is 6.86. The van der Waals surface area contributed by atoms with Crippen LogP contribution in [0.5, 0.6) is 11.5 Å². The molecule has 2 rings (SSSR count). The van der Waals surface area contributed by atoms with Crippen LogP contribution in [0, 0.1) is 0 Å². The highest BCUT2D eigenvalue weighted by atomic mass is 79.9. The van der Waals surface area contributed by atoms with Gasteiger partial charge in [-0.2, -0.15) is 0 Å². The van der Waals surface area contributed by atoms with Gasteiger partial charge in [-0.1, -0.05) is 39.9 Å². The smallest absolute Gasteiger partial charge is 0.303 e. The van der Waals surface area contributed by atoms with E-state index in [2.05, 4.69) is 15.9 Å². The molecule has 6 nitrogen and oxygen atoms in total. The largest absolute Gasteiger partial charge is 0.493 e. The molecule has 0 bridgehead atoms. The van der Waals surface area contributed by atoms with E-state index in [9.17, 15) is 9.59 Å². The minimum Gasteiger partial charge on any atom is -0.493 e. The summed E-state index contributed by atoms with van der Waals surface area (Å²) in [6, 6.07) is 3.53. The van der Waals surface area contributed by atoms with Crippen molar-refractivity contribution in [3.05, 3.63) is 27.1 Å². The minimum absolute atomic E-state index is 0.00264. The number of amides is 1. The quantitative estimate of drug-likeness (QED) is 0.507. The van der Waals surface area contributed by atoms with Crippen molar-refractivity contribution in [2.75, 3.05) is 20.8 Å². The zero-order valence-electron chi connectivity index (χ0n) is 13.6. The van der Waals surface area contributed by atoms with Crippen LogP contribution in [-0.2, 0) is 9.59 Å². The van der Waals surface area contributed by atoms with E-state index in [-0.39, 0.29) is 12.3 Å². The third kappa shape index (κ3) is 4.74. The highest BCUT2D eigenvalue weighted by Crippen LogP contribution is 2.38. The van der Waals surface area contributed by atoms with Crippen LogP contribution in [0.25, 0.3) is 6.08 Å². The number of thioether (sulfide) groups is 1. The summed E-state index contributed by atoms with van der Waals surface area (Å²) in [6.45, 7) is 0.293. The van der Waals surface area contributed by atoms with Crippen molar-refractivity contribution in [3.63, 3.8) is 0 Å². The molecule has 1 fully saturated rings. The zero-order valence-corrected chi connectivity index (χ0v) is 16.8. The average molecular weight is 446 g/mol. The van der Waals surface area contributed by atoms with E-state index in [0.29, 0.717) is 33.7 Å². The maximum absolute atomic E-state index is 12.5. The van der Waals surface area contributed by atoms with E-state index in [1.54, 1.807) is 25.3 Å². The summed E-state index contributed by atoms with van der Waals surface area (Å²) in [7, 11) is 3.09. The van der Waals surface area contributed by atoms with E-state index in [1.165, 1.54) is 23.8 Å². The lowest BCUT2D eigenvalue weighted by Crippen LogP contribution is -2.29. The van der Waals surface area contributed by atoms with Crippen LogP contribution in [0.15, 0.2) is 21.5 Å². The van der Waals surface area contributed by atoms with Gasteiger partial charge in [0, 0.05) is 17.4 Å². The molecule has 1 aliphatic rings. The number of hydrogen-bond donors (Lipinski definition) is 1. The maximum Gasteiger partial charge on any atom is 0.303 e. The van der Waals surface area contributed by atoms with E-state index < -0.39 is 5.97 Å². The van der Waals surface area contributed by atoms with Gasteiger partial charge in [-0.25, -0.2) is 0 Å². The Bertz CT molecular complexity index is 750. The fraction of sp³-hybridized carbons (Fsp3) is 0.312. The zero-order chi connectivity index (χ0) is 18.6. The third-order valence-corrected chi connectivity index (χ3v) is 5.50. The van der Waals surface area contributed by atoms with E-state index in [0.717, 1.165) is 10.0 Å². The Morgan fingerprint density at radius 3 is 2.60 bits per heavy atom. The second kappa shape index (κ2) is 8.68. The molecule has 0 atom stereocenters. The molecule has 0 spiro atoms. The molecule has 134 valence electrons. The van der Waals surface area contributed by atoms with Crippen molar-refractivity contribution in [1.29, 1.82) is 0 Å². The Hall–Kier alpha value is -1.58. The first kappa shape index (κ1) is 19.7. The van der Waals surface area contributed by atoms with Crippen LogP contribution in [0.3, 0.4) is 0 Å². The molecule has 1 aromatic carbocycles. The normalized spacial score (nSPS) is 15.8. The van der Waals surface area contributed by atoms with Crippen molar-refractivity contribution < 1.29 is 24.2 Å². The number of methoxy groups -OCH3 is 2. The lowest BCUT2D eigenvalue weighted by atomic mass is 10.2. The number of carboxylic acids is 1. The maximum atomic E-state index is 12.5. The monoisotopic (exact) mass is 445 g/mol. The van der Waals surface area contributed by atoms with E-state index in [4.69, 9.17) is 26.8 Å². The average Bonchev–Trinajstić information content (AvgIpc) is 2.83. The molecule has 25 heavy (non-hydrogen) atoms. The molecule has 1 aromatic rings. The van der Waals surface area contributed by atoms with Crippen molar-refractivity contribution in [3.8, 4) is 11.5 Å². The topological polar surface area (TPSA) is 76.1 Å². The van der Waals surface area contributed by atoms with E-state index in [1.807, 2.05) is 0 Å². The van der Waals surface area contributed by atoms with E-state index >= 15 is 0 Å². The third-order valence-electron chi connectivity index (χ3n) is 3.44. The van der Waals surface area contributed by atoms with Gasteiger partial charge in [-0.05, 0) is 30.2 Å². The molecule has 1 aliphatic heterocycles. The minimum atomic E-state index is -0.893. The summed E-state index contributed by atoms with van der Waals surface area (Å²) in [4.78, 5) is 25.0. The highest BCUT2D eigenvalue weighted by Gasteiger charge is 2.31. The van der Waals surface area contributed by atoms with Gasteiger partial charge in [0.25, 0.3) is 5.91 Å². The van der Waals surface area contributed by atoms with Gasteiger partial charge >= 0.3 is 5.97 Å². The Labute approximate surface area is 163 Å². The van der Waals surface area contributed by atoms with Gasteiger partial charge in [0.15, 0.2) is 11.5 Å². The number of aliphatic carboxylic acids is 1. The second-order valence-electron chi connectivity index (χ2n) is 5.06. The van der Waals surface area contributed by atoms with Crippen LogP contribution in [0.2, 0.25) is 0 Å². The summed E-state index contributed by atoms with van der Waals surface area (Å²) in [5.74, 6) is 0.0129. The highest BCUT2D eigenvalue weighted by molar-refractivity contribution is 9.10. The van der Waals surface area contributed by atoms with Crippen molar-refractivity contribution >= 4 is 62.2 Å². The first-order valence-corrected chi connectivity index (χ1v) is 9.27. The number of ether oxygens (including phenoxy) is 2. The molecule has 0 aliphatic carbocycles.